The summed E-state index contributed by atoms with van der Waals surface area (Å²) in [7, 11) is 0. The summed E-state index contributed by atoms with van der Waals surface area (Å²) in [5, 5.41) is 9.45. The summed E-state index contributed by atoms with van der Waals surface area (Å²) in [6.07, 6.45) is -5.03. The summed E-state index contributed by atoms with van der Waals surface area (Å²) >= 11 is 5.93. The van der Waals surface area contributed by atoms with Crippen LogP contribution in [-0.2, 0) is 6.18 Å². The van der Waals surface area contributed by atoms with Gasteiger partial charge in [0.25, 0.3) is 0 Å². The smallest absolute Gasteiger partial charge is 0.435 e. The Balaban J connectivity index is 2.25. The Morgan fingerprint density at radius 1 is 1.04 bits per heavy atom. The van der Waals surface area contributed by atoms with Crippen LogP contribution in [0.25, 0.3) is 11.3 Å². The predicted molar refractivity (Wildman–Crippen MR) is 91.0 cm³/mol. The molecule has 0 aliphatic heterocycles. The van der Waals surface area contributed by atoms with Crippen LogP contribution in [0.2, 0.25) is 5.02 Å². The largest absolute Gasteiger partial charge is 0.476 e. The number of ether oxygens (including phenoxy) is 1. The highest BCUT2D eigenvalue weighted by molar-refractivity contribution is 6.30. The molecule has 27 heavy (non-hydrogen) atoms. The minimum absolute atomic E-state index is 0.174. The fourth-order valence-corrected chi connectivity index (χ4v) is 2.45. The third-order valence-corrected chi connectivity index (χ3v) is 3.63. The highest BCUT2D eigenvalue weighted by atomic mass is 35.5. The molecule has 0 saturated carbocycles. The Morgan fingerprint density at radius 2 is 1.74 bits per heavy atom. The highest BCUT2D eigenvalue weighted by Gasteiger charge is 2.40. The lowest BCUT2D eigenvalue weighted by Crippen LogP contribution is -2.18. The van der Waals surface area contributed by atoms with E-state index in [-0.39, 0.29) is 22.0 Å². The first-order valence-electron chi connectivity index (χ1n) is 7.47. The first-order chi connectivity index (χ1) is 12.8. The van der Waals surface area contributed by atoms with Crippen LogP contribution in [0.5, 0.6) is 11.6 Å². The average Bonchev–Trinajstić information content (AvgIpc) is 2.61. The van der Waals surface area contributed by atoms with Gasteiger partial charge in [-0.15, -0.1) is 0 Å². The standard InChI is InChI=1S/C18H10ClF3N2O3/c19-11-6-4-5-10(9-11)13-16(27-12-7-2-1-3-8-12)24-15(18(20,21)22)14(23-13)17(25)26/h1-9H,(H,25,26). The van der Waals surface area contributed by atoms with Crippen LogP contribution in [0, 0.1) is 0 Å². The van der Waals surface area contributed by atoms with E-state index in [1.165, 1.54) is 24.3 Å². The Morgan fingerprint density at radius 3 is 2.33 bits per heavy atom. The number of carbonyl (C=O) groups is 1. The zero-order chi connectivity index (χ0) is 19.6. The number of carboxylic acid groups (broad SMARTS) is 1. The summed E-state index contributed by atoms with van der Waals surface area (Å²) < 4.78 is 45.3. The second-order valence-electron chi connectivity index (χ2n) is 5.30. The molecule has 0 saturated heterocycles. The van der Waals surface area contributed by atoms with Crippen molar-refractivity contribution in [1.82, 2.24) is 9.97 Å². The molecule has 0 aliphatic rings. The molecular formula is C18H10ClF3N2O3. The Hall–Kier alpha value is -3.13. The SMILES string of the molecule is O=C(O)c1nc(-c2cccc(Cl)c2)c(Oc2ccccc2)nc1C(F)(F)F. The van der Waals surface area contributed by atoms with Gasteiger partial charge in [0.15, 0.2) is 11.4 Å². The van der Waals surface area contributed by atoms with Crippen LogP contribution >= 0.6 is 11.6 Å². The van der Waals surface area contributed by atoms with Crippen LogP contribution in [0.1, 0.15) is 16.2 Å². The lowest BCUT2D eigenvalue weighted by Gasteiger charge is -2.15. The number of benzene rings is 2. The molecule has 0 atom stereocenters. The summed E-state index contributed by atoms with van der Waals surface area (Å²) in [5.41, 5.74) is -2.78. The highest BCUT2D eigenvalue weighted by Crippen LogP contribution is 2.37. The minimum Gasteiger partial charge on any atom is -0.476 e. The van der Waals surface area contributed by atoms with Crippen LogP contribution in [0.3, 0.4) is 0 Å². The van der Waals surface area contributed by atoms with Crippen molar-refractivity contribution in [2.24, 2.45) is 0 Å². The van der Waals surface area contributed by atoms with Crippen molar-refractivity contribution >= 4 is 17.6 Å². The first-order valence-corrected chi connectivity index (χ1v) is 7.85. The van der Waals surface area contributed by atoms with Gasteiger partial charge in [-0.25, -0.2) is 14.8 Å². The van der Waals surface area contributed by atoms with E-state index >= 15 is 0 Å². The molecule has 2 aromatic carbocycles. The third-order valence-electron chi connectivity index (χ3n) is 3.39. The van der Waals surface area contributed by atoms with Crippen LogP contribution in [-0.4, -0.2) is 21.0 Å². The molecule has 0 amide bonds. The van der Waals surface area contributed by atoms with Gasteiger partial charge in [0.05, 0.1) is 0 Å². The van der Waals surface area contributed by atoms with Crippen molar-refractivity contribution in [1.29, 1.82) is 0 Å². The summed E-state index contributed by atoms with van der Waals surface area (Å²) in [5.74, 6) is -2.13. The van der Waals surface area contributed by atoms with E-state index in [2.05, 4.69) is 9.97 Å². The van der Waals surface area contributed by atoms with E-state index in [1.54, 1.807) is 30.3 Å². The van der Waals surface area contributed by atoms with Crippen molar-refractivity contribution in [3.05, 3.63) is 71.0 Å². The molecule has 0 aliphatic carbocycles. The number of nitrogens with zero attached hydrogens (tertiary/aromatic N) is 2. The lowest BCUT2D eigenvalue weighted by atomic mass is 10.1. The van der Waals surface area contributed by atoms with Gasteiger partial charge in [-0.05, 0) is 24.3 Å². The molecule has 0 radical (unpaired) electrons. The van der Waals surface area contributed by atoms with E-state index < -0.39 is 29.4 Å². The van der Waals surface area contributed by atoms with Gasteiger partial charge >= 0.3 is 12.1 Å². The number of hydrogen-bond donors (Lipinski definition) is 1. The van der Waals surface area contributed by atoms with E-state index in [4.69, 9.17) is 21.4 Å². The average molecular weight is 395 g/mol. The molecule has 0 spiro atoms. The van der Waals surface area contributed by atoms with Gasteiger partial charge in [0.2, 0.25) is 5.88 Å². The minimum atomic E-state index is -5.03. The molecule has 9 heteroatoms. The number of para-hydroxylation sites is 1. The van der Waals surface area contributed by atoms with Crippen molar-refractivity contribution in [3.8, 4) is 22.9 Å². The number of rotatable bonds is 4. The fraction of sp³-hybridized carbons (Fsp3) is 0.0556. The van der Waals surface area contributed by atoms with E-state index in [1.807, 2.05) is 0 Å². The number of halogens is 4. The molecule has 0 unspecified atom stereocenters. The molecule has 5 nitrogen and oxygen atoms in total. The van der Waals surface area contributed by atoms with Gasteiger partial charge in [0, 0.05) is 10.6 Å². The van der Waals surface area contributed by atoms with Crippen molar-refractivity contribution in [3.63, 3.8) is 0 Å². The maximum Gasteiger partial charge on any atom is 0.435 e. The monoisotopic (exact) mass is 394 g/mol. The van der Waals surface area contributed by atoms with Crippen molar-refractivity contribution in [2.45, 2.75) is 6.18 Å². The summed E-state index contributed by atoms with van der Waals surface area (Å²) in [6, 6.07) is 14.0. The Labute approximate surface area is 156 Å². The molecule has 1 heterocycles. The number of aromatic nitrogens is 2. The number of aromatic carboxylic acids is 1. The van der Waals surface area contributed by atoms with E-state index in [0.29, 0.717) is 0 Å². The zero-order valence-electron chi connectivity index (χ0n) is 13.4. The number of hydrogen-bond acceptors (Lipinski definition) is 4. The van der Waals surface area contributed by atoms with Gasteiger partial charge < -0.3 is 9.84 Å². The van der Waals surface area contributed by atoms with Crippen molar-refractivity contribution in [2.75, 3.05) is 0 Å². The summed E-state index contributed by atoms with van der Waals surface area (Å²) in [6.45, 7) is 0. The van der Waals surface area contributed by atoms with Crippen molar-refractivity contribution < 1.29 is 27.8 Å². The molecule has 3 aromatic rings. The van der Waals surface area contributed by atoms with Gasteiger partial charge in [-0.1, -0.05) is 41.9 Å². The number of carboxylic acids is 1. The van der Waals surface area contributed by atoms with Crippen LogP contribution < -0.4 is 4.74 Å². The molecular weight excluding hydrogens is 385 g/mol. The Bertz CT molecular complexity index is 995. The molecule has 138 valence electrons. The lowest BCUT2D eigenvalue weighted by molar-refractivity contribution is -0.142. The summed E-state index contributed by atoms with van der Waals surface area (Å²) in [4.78, 5) is 18.4. The zero-order valence-corrected chi connectivity index (χ0v) is 14.1. The fourth-order valence-electron chi connectivity index (χ4n) is 2.26. The van der Waals surface area contributed by atoms with Crippen LogP contribution in [0.4, 0.5) is 13.2 Å². The Kier molecular flexibility index (Phi) is 5.00. The molecule has 1 aromatic heterocycles. The van der Waals surface area contributed by atoms with E-state index in [0.717, 1.165) is 0 Å². The van der Waals surface area contributed by atoms with Crippen LogP contribution in [0.15, 0.2) is 54.6 Å². The second kappa shape index (κ2) is 7.24. The van der Waals surface area contributed by atoms with E-state index in [9.17, 15) is 18.0 Å². The normalized spacial score (nSPS) is 11.3. The predicted octanol–water partition coefficient (Wildman–Crippen LogP) is 5.31. The molecule has 0 fully saturated rings. The van der Waals surface area contributed by atoms with Gasteiger partial charge in [0.1, 0.15) is 11.4 Å². The quantitative estimate of drug-likeness (QED) is 0.649. The number of alkyl halides is 3. The maximum atomic E-state index is 13.3. The second-order valence-corrected chi connectivity index (χ2v) is 5.74. The molecule has 3 rings (SSSR count). The van der Waals surface area contributed by atoms with Gasteiger partial charge in [-0.2, -0.15) is 13.2 Å². The maximum absolute atomic E-state index is 13.3. The topological polar surface area (TPSA) is 72.3 Å². The third kappa shape index (κ3) is 4.17. The first kappa shape index (κ1) is 18.7. The molecule has 0 bridgehead atoms. The van der Waals surface area contributed by atoms with Gasteiger partial charge in [-0.3, -0.25) is 0 Å². The molecule has 1 N–H and O–H groups in total.